The number of rotatable bonds is 5. The zero-order valence-corrected chi connectivity index (χ0v) is 9.06. The molecule has 0 aliphatic rings. The van der Waals surface area contributed by atoms with Crippen LogP contribution in [-0.4, -0.2) is 17.4 Å². The Morgan fingerprint density at radius 2 is 2.07 bits per heavy atom. The number of carbonyl (C=O) groups excluding carboxylic acids is 1. The van der Waals surface area contributed by atoms with Crippen molar-refractivity contribution >= 4 is 11.9 Å². The smallest absolute Gasteiger partial charge is 0.197 e. The van der Waals surface area contributed by atoms with Crippen molar-refractivity contribution in [3.8, 4) is 0 Å². The van der Waals surface area contributed by atoms with Gasteiger partial charge in [0.05, 0.1) is 6.61 Å². The molecule has 0 saturated heterocycles. The lowest BCUT2D eigenvalue weighted by Gasteiger charge is -2.05. The maximum Gasteiger partial charge on any atom is 0.197 e. The molecular weight excluding hydrogens is 190 g/mol. The highest BCUT2D eigenvalue weighted by Gasteiger charge is 2.07. The van der Waals surface area contributed by atoms with E-state index in [1.807, 2.05) is 26.0 Å². The molecule has 0 radical (unpaired) electrons. The van der Waals surface area contributed by atoms with E-state index in [2.05, 4.69) is 4.98 Å². The Bertz CT molecular complexity index is 344. The first-order chi connectivity index (χ1) is 7.27. The maximum absolute atomic E-state index is 11.5. The van der Waals surface area contributed by atoms with Gasteiger partial charge in [0.15, 0.2) is 11.5 Å². The summed E-state index contributed by atoms with van der Waals surface area (Å²) in [5.41, 5.74) is 0.926. The Labute approximate surface area is 89.8 Å². The van der Waals surface area contributed by atoms with Crippen LogP contribution in [0.2, 0.25) is 0 Å². The van der Waals surface area contributed by atoms with Gasteiger partial charge in [0.25, 0.3) is 0 Å². The minimum absolute atomic E-state index is 0.0219. The first-order valence-electron chi connectivity index (χ1n) is 5.05. The maximum atomic E-state index is 11.5. The van der Waals surface area contributed by atoms with Crippen molar-refractivity contribution in [2.45, 2.75) is 20.3 Å². The summed E-state index contributed by atoms with van der Waals surface area (Å²) in [6.07, 6.45) is 5.57. The van der Waals surface area contributed by atoms with Crippen LogP contribution in [-0.2, 0) is 9.53 Å². The topological polar surface area (TPSA) is 39.2 Å². The van der Waals surface area contributed by atoms with Crippen molar-refractivity contribution < 1.29 is 9.53 Å². The van der Waals surface area contributed by atoms with E-state index in [0.717, 1.165) is 5.56 Å². The monoisotopic (exact) mass is 205 g/mol. The summed E-state index contributed by atoms with van der Waals surface area (Å²) >= 11 is 0. The molecule has 0 fully saturated rings. The number of aromatic nitrogens is 1. The molecule has 3 nitrogen and oxygen atoms in total. The van der Waals surface area contributed by atoms with Crippen LogP contribution in [0.4, 0.5) is 0 Å². The Morgan fingerprint density at radius 3 is 2.60 bits per heavy atom. The fourth-order valence-electron chi connectivity index (χ4n) is 1.14. The second kappa shape index (κ2) is 5.96. The number of Topliss-reactive ketones (excluding diaryl/α,β-unsaturated/α-hetero) is 1. The molecule has 3 heteroatoms. The van der Waals surface area contributed by atoms with E-state index in [1.54, 1.807) is 18.5 Å². The van der Waals surface area contributed by atoms with E-state index in [4.69, 9.17) is 4.74 Å². The van der Waals surface area contributed by atoms with Gasteiger partial charge in [-0.05, 0) is 30.7 Å². The van der Waals surface area contributed by atoms with Gasteiger partial charge in [-0.25, -0.2) is 0 Å². The minimum atomic E-state index is 0.0219. The van der Waals surface area contributed by atoms with Gasteiger partial charge in [-0.2, -0.15) is 0 Å². The van der Waals surface area contributed by atoms with Crippen molar-refractivity contribution in [3.63, 3.8) is 0 Å². The predicted octanol–water partition coefficient (Wildman–Crippen LogP) is 2.44. The highest BCUT2D eigenvalue weighted by Crippen LogP contribution is 2.09. The quantitative estimate of drug-likeness (QED) is 0.547. The first-order valence-corrected chi connectivity index (χ1v) is 5.05. The molecule has 0 aromatic carbocycles. The lowest BCUT2D eigenvalue weighted by atomic mass is 10.2. The molecule has 0 bridgehead atoms. The van der Waals surface area contributed by atoms with Gasteiger partial charge < -0.3 is 4.74 Å². The molecule has 1 aromatic rings. The number of ketones is 1. The van der Waals surface area contributed by atoms with Gasteiger partial charge >= 0.3 is 0 Å². The predicted molar refractivity (Wildman–Crippen MR) is 59.1 cm³/mol. The van der Waals surface area contributed by atoms with Crippen molar-refractivity contribution in [2.75, 3.05) is 6.61 Å². The molecule has 0 atom stereocenters. The standard InChI is InChI=1S/C12H15NO2/c1-3-11(14)12(15-4-2)9-10-5-7-13-8-6-10/h5-9H,3-4H2,1-2H3/b12-9+. The molecule has 1 heterocycles. The van der Waals surface area contributed by atoms with Gasteiger partial charge in [0.1, 0.15) is 0 Å². The molecule has 0 N–H and O–H groups in total. The van der Waals surface area contributed by atoms with Crippen molar-refractivity contribution in [1.82, 2.24) is 4.98 Å². The molecule has 0 unspecified atom stereocenters. The normalized spacial score (nSPS) is 11.2. The van der Waals surface area contributed by atoms with Gasteiger partial charge in [-0.1, -0.05) is 6.92 Å². The van der Waals surface area contributed by atoms with Crippen LogP contribution >= 0.6 is 0 Å². The summed E-state index contributed by atoms with van der Waals surface area (Å²) in [6.45, 7) is 4.19. The molecule has 1 rings (SSSR count). The van der Waals surface area contributed by atoms with Gasteiger partial charge in [0.2, 0.25) is 0 Å². The largest absolute Gasteiger partial charge is 0.490 e. The van der Waals surface area contributed by atoms with Crippen LogP contribution < -0.4 is 0 Å². The summed E-state index contributed by atoms with van der Waals surface area (Å²) in [4.78, 5) is 15.4. The third-order valence-electron chi connectivity index (χ3n) is 1.90. The highest BCUT2D eigenvalue weighted by molar-refractivity contribution is 5.97. The van der Waals surface area contributed by atoms with Crippen LogP contribution in [0.25, 0.3) is 6.08 Å². The molecule has 1 aromatic heterocycles. The number of ether oxygens (including phenoxy) is 1. The molecule has 0 aliphatic heterocycles. The van der Waals surface area contributed by atoms with Gasteiger partial charge in [-0.15, -0.1) is 0 Å². The SMILES string of the molecule is CCO/C(=C/c1ccncc1)C(=O)CC. The summed E-state index contributed by atoms with van der Waals surface area (Å²) in [7, 11) is 0. The van der Waals surface area contributed by atoms with Gasteiger partial charge in [0, 0.05) is 18.8 Å². The van der Waals surface area contributed by atoms with E-state index in [0.29, 0.717) is 18.8 Å². The molecule has 15 heavy (non-hydrogen) atoms. The summed E-state index contributed by atoms with van der Waals surface area (Å²) in [6, 6.07) is 3.67. The molecule has 80 valence electrons. The van der Waals surface area contributed by atoms with E-state index in [1.165, 1.54) is 0 Å². The van der Waals surface area contributed by atoms with Crippen LogP contribution in [0.3, 0.4) is 0 Å². The fraction of sp³-hybridized carbons (Fsp3) is 0.333. The summed E-state index contributed by atoms with van der Waals surface area (Å²) in [5.74, 6) is 0.444. The number of hydrogen-bond acceptors (Lipinski definition) is 3. The second-order valence-corrected chi connectivity index (χ2v) is 3.00. The zero-order chi connectivity index (χ0) is 11.1. The summed E-state index contributed by atoms with van der Waals surface area (Å²) < 4.78 is 5.29. The number of pyridine rings is 1. The first kappa shape index (κ1) is 11.4. The lowest BCUT2D eigenvalue weighted by molar-refractivity contribution is -0.118. The van der Waals surface area contributed by atoms with Gasteiger partial charge in [-0.3, -0.25) is 9.78 Å². The average Bonchev–Trinajstić information content (AvgIpc) is 2.29. The minimum Gasteiger partial charge on any atom is -0.490 e. The molecule has 0 spiro atoms. The second-order valence-electron chi connectivity index (χ2n) is 3.00. The third kappa shape index (κ3) is 3.54. The summed E-state index contributed by atoms with van der Waals surface area (Å²) in [5, 5.41) is 0. The number of nitrogens with zero attached hydrogens (tertiary/aromatic N) is 1. The molecule has 0 saturated carbocycles. The number of allylic oxidation sites excluding steroid dienone is 1. The van der Waals surface area contributed by atoms with Crippen LogP contribution in [0.1, 0.15) is 25.8 Å². The Hall–Kier alpha value is -1.64. The Kier molecular flexibility index (Phi) is 4.54. The van der Waals surface area contributed by atoms with E-state index in [-0.39, 0.29) is 5.78 Å². The van der Waals surface area contributed by atoms with Crippen molar-refractivity contribution in [3.05, 3.63) is 35.8 Å². The fourth-order valence-corrected chi connectivity index (χ4v) is 1.14. The van der Waals surface area contributed by atoms with Crippen LogP contribution in [0.15, 0.2) is 30.3 Å². The van der Waals surface area contributed by atoms with Crippen LogP contribution in [0.5, 0.6) is 0 Å². The van der Waals surface area contributed by atoms with Crippen molar-refractivity contribution in [1.29, 1.82) is 0 Å². The molecular formula is C12H15NO2. The van der Waals surface area contributed by atoms with Crippen molar-refractivity contribution in [2.24, 2.45) is 0 Å². The highest BCUT2D eigenvalue weighted by atomic mass is 16.5. The van der Waals surface area contributed by atoms with E-state index in [9.17, 15) is 4.79 Å². The molecule has 0 amide bonds. The Morgan fingerprint density at radius 1 is 1.40 bits per heavy atom. The van der Waals surface area contributed by atoms with E-state index >= 15 is 0 Å². The zero-order valence-electron chi connectivity index (χ0n) is 9.06. The van der Waals surface area contributed by atoms with Crippen LogP contribution in [0, 0.1) is 0 Å². The number of hydrogen-bond donors (Lipinski definition) is 0. The van der Waals surface area contributed by atoms with E-state index < -0.39 is 0 Å². The lowest BCUT2D eigenvalue weighted by Crippen LogP contribution is -2.04. The Balaban J connectivity index is 2.88. The average molecular weight is 205 g/mol. The molecule has 0 aliphatic carbocycles. The third-order valence-corrected chi connectivity index (χ3v) is 1.90. The number of carbonyl (C=O) groups is 1.